The molecule has 2 N–H and O–H groups in total. The number of nitrogens with one attached hydrogen (secondary N) is 2. The Morgan fingerprint density at radius 3 is 2.72 bits per heavy atom. The van der Waals surface area contributed by atoms with Gasteiger partial charge in [-0.05, 0) is 81.0 Å². The second kappa shape index (κ2) is 10.7. The molecule has 4 rings (SSSR count). The van der Waals surface area contributed by atoms with Crippen molar-refractivity contribution in [1.29, 1.82) is 0 Å². The van der Waals surface area contributed by atoms with E-state index in [4.69, 9.17) is 16.1 Å². The van der Waals surface area contributed by atoms with Gasteiger partial charge in [0.25, 0.3) is 0 Å². The Balaban J connectivity index is 1.62. The molecule has 1 fully saturated rings. The molecule has 5 nitrogen and oxygen atoms in total. The fourth-order valence-corrected chi connectivity index (χ4v) is 4.71. The number of hydrogen-bond donors (Lipinski definition) is 2. The van der Waals surface area contributed by atoms with Crippen LogP contribution >= 0.6 is 0 Å². The number of aromatic nitrogens is 1. The van der Waals surface area contributed by atoms with Crippen molar-refractivity contribution in [3.8, 4) is 23.5 Å². The van der Waals surface area contributed by atoms with Gasteiger partial charge in [0, 0.05) is 29.3 Å². The molecule has 5 heteroatoms. The summed E-state index contributed by atoms with van der Waals surface area (Å²) in [6.45, 7) is 11.0. The second-order valence-corrected chi connectivity index (χ2v) is 11.0. The smallest absolute Gasteiger partial charge is 0.223 e. The van der Waals surface area contributed by atoms with Gasteiger partial charge in [0.2, 0.25) is 5.91 Å². The highest BCUT2D eigenvalue weighted by Crippen LogP contribution is 2.30. The first-order chi connectivity index (χ1) is 17.1. The first-order valence-electron chi connectivity index (χ1n) is 12.8. The van der Waals surface area contributed by atoms with Crippen LogP contribution in [-0.4, -0.2) is 35.2 Å². The van der Waals surface area contributed by atoms with Crippen LogP contribution in [0.4, 0.5) is 5.82 Å². The van der Waals surface area contributed by atoms with Crippen LogP contribution in [0, 0.1) is 25.2 Å². The lowest BCUT2D eigenvalue weighted by atomic mass is 9.95. The van der Waals surface area contributed by atoms with E-state index in [1.807, 2.05) is 6.92 Å². The molecule has 1 aromatic heterocycles. The van der Waals surface area contributed by atoms with Crippen molar-refractivity contribution in [2.45, 2.75) is 71.6 Å². The number of anilines is 1. The molecule has 1 aliphatic heterocycles. The summed E-state index contributed by atoms with van der Waals surface area (Å²) in [4.78, 5) is 18.1. The SMILES string of the molecule is C#CC1CC(NC(=O)[C@H](C)Cc2cc3cc(-c4ccccc4C)ccc3nc2NC(C)(C)C)CCO1. The highest BCUT2D eigenvalue weighted by molar-refractivity contribution is 5.87. The number of pyridine rings is 1. The van der Waals surface area contributed by atoms with Crippen molar-refractivity contribution in [3.05, 3.63) is 59.7 Å². The van der Waals surface area contributed by atoms with Crippen LogP contribution in [0.5, 0.6) is 0 Å². The van der Waals surface area contributed by atoms with E-state index in [9.17, 15) is 4.79 Å². The third-order valence-electron chi connectivity index (χ3n) is 6.63. The van der Waals surface area contributed by atoms with Crippen molar-refractivity contribution in [2.75, 3.05) is 11.9 Å². The van der Waals surface area contributed by atoms with Gasteiger partial charge in [0.05, 0.1) is 12.1 Å². The number of fused-ring (bicyclic) bond motifs is 1. The molecule has 2 unspecified atom stereocenters. The minimum atomic E-state index is -0.228. The summed E-state index contributed by atoms with van der Waals surface area (Å²) in [5.74, 6) is 3.31. The zero-order valence-electron chi connectivity index (χ0n) is 22.0. The van der Waals surface area contributed by atoms with Crippen LogP contribution in [0.3, 0.4) is 0 Å². The predicted octanol–water partition coefficient (Wildman–Crippen LogP) is 5.90. The molecule has 1 aliphatic rings. The lowest BCUT2D eigenvalue weighted by Crippen LogP contribution is -2.44. The minimum Gasteiger partial charge on any atom is -0.365 e. The molecule has 2 aromatic carbocycles. The quantitative estimate of drug-likeness (QED) is 0.429. The first-order valence-corrected chi connectivity index (χ1v) is 12.8. The van der Waals surface area contributed by atoms with Crippen LogP contribution in [0.2, 0.25) is 0 Å². The zero-order valence-corrected chi connectivity index (χ0v) is 22.0. The second-order valence-electron chi connectivity index (χ2n) is 11.0. The van der Waals surface area contributed by atoms with Gasteiger partial charge in [-0.3, -0.25) is 4.79 Å². The van der Waals surface area contributed by atoms with E-state index >= 15 is 0 Å². The Kier molecular flexibility index (Phi) is 7.66. The molecular formula is C31H37N3O2. The molecule has 0 spiro atoms. The van der Waals surface area contributed by atoms with Crippen LogP contribution in [0.25, 0.3) is 22.0 Å². The van der Waals surface area contributed by atoms with E-state index < -0.39 is 0 Å². The fourth-order valence-electron chi connectivity index (χ4n) is 4.71. The molecule has 3 aromatic rings. The first kappa shape index (κ1) is 25.7. The van der Waals surface area contributed by atoms with E-state index in [-0.39, 0.29) is 29.5 Å². The average molecular weight is 484 g/mol. The summed E-state index contributed by atoms with van der Waals surface area (Å²) in [5, 5.41) is 7.81. The maximum Gasteiger partial charge on any atom is 0.223 e. The highest BCUT2D eigenvalue weighted by Gasteiger charge is 2.25. The van der Waals surface area contributed by atoms with Gasteiger partial charge in [-0.25, -0.2) is 4.98 Å². The molecule has 1 amide bonds. The van der Waals surface area contributed by atoms with Crippen LogP contribution in [0.15, 0.2) is 48.5 Å². The van der Waals surface area contributed by atoms with Gasteiger partial charge in [0.1, 0.15) is 11.9 Å². The Morgan fingerprint density at radius 1 is 1.22 bits per heavy atom. The molecule has 0 bridgehead atoms. The number of hydrogen-bond acceptors (Lipinski definition) is 4. The van der Waals surface area contributed by atoms with Gasteiger partial charge in [0.15, 0.2) is 0 Å². The largest absolute Gasteiger partial charge is 0.365 e. The monoisotopic (exact) mass is 483 g/mol. The van der Waals surface area contributed by atoms with E-state index in [0.717, 1.165) is 28.7 Å². The minimum absolute atomic E-state index is 0.0353. The zero-order chi connectivity index (χ0) is 25.9. The Hall–Kier alpha value is -3.36. The van der Waals surface area contributed by atoms with E-state index in [2.05, 4.69) is 92.8 Å². The number of aryl methyl sites for hydroxylation is 1. The number of rotatable bonds is 6. The van der Waals surface area contributed by atoms with E-state index in [0.29, 0.717) is 19.4 Å². The van der Waals surface area contributed by atoms with Gasteiger partial charge >= 0.3 is 0 Å². The number of carbonyl (C=O) groups excluding carboxylic acids is 1. The standard InChI is InChI=1S/C31H37N3O2/c1-7-26-19-25(14-15-36-26)32-30(35)21(3)16-24-18-23-17-22(27-11-9-8-10-20(27)2)12-13-28(23)33-29(24)34-31(4,5)6/h1,8-13,17-18,21,25-26H,14-16,19H2,2-6H3,(H,32,35)(H,33,34)/t21-,25?,26?/m1/s1. The number of carbonyl (C=O) groups is 1. The number of benzene rings is 2. The summed E-state index contributed by atoms with van der Waals surface area (Å²) < 4.78 is 5.54. The summed E-state index contributed by atoms with van der Waals surface area (Å²) >= 11 is 0. The molecular weight excluding hydrogens is 446 g/mol. The molecule has 0 saturated carbocycles. The molecule has 36 heavy (non-hydrogen) atoms. The van der Waals surface area contributed by atoms with Gasteiger partial charge in [-0.15, -0.1) is 6.42 Å². The van der Waals surface area contributed by atoms with Gasteiger partial charge in [-0.2, -0.15) is 0 Å². The maximum atomic E-state index is 13.1. The van der Waals surface area contributed by atoms with Crippen molar-refractivity contribution >= 4 is 22.6 Å². The molecule has 0 radical (unpaired) electrons. The number of nitrogens with zero attached hydrogens (tertiary/aromatic N) is 1. The lowest BCUT2D eigenvalue weighted by molar-refractivity contribution is -0.126. The summed E-state index contributed by atoms with van der Waals surface area (Å²) in [6.07, 6.45) is 7.33. The number of amides is 1. The Morgan fingerprint density at radius 2 is 2.00 bits per heavy atom. The molecule has 0 aliphatic carbocycles. The maximum absolute atomic E-state index is 13.1. The topological polar surface area (TPSA) is 63.2 Å². The lowest BCUT2D eigenvalue weighted by Gasteiger charge is -2.28. The van der Waals surface area contributed by atoms with Gasteiger partial charge in [-0.1, -0.05) is 43.2 Å². The highest BCUT2D eigenvalue weighted by atomic mass is 16.5. The normalized spacial score (nSPS) is 18.9. The predicted molar refractivity (Wildman–Crippen MR) is 148 cm³/mol. The number of ether oxygens (including phenoxy) is 1. The van der Waals surface area contributed by atoms with Crippen LogP contribution in [0.1, 0.15) is 51.7 Å². The summed E-state index contributed by atoms with van der Waals surface area (Å²) in [7, 11) is 0. The molecule has 2 heterocycles. The average Bonchev–Trinajstić information content (AvgIpc) is 2.83. The number of terminal acetylenes is 1. The van der Waals surface area contributed by atoms with Crippen molar-refractivity contribution in [2.24, 2.45) is 5.92 Å². The Bertz CT molecular complexity index is 1290. The van der Waals surface area contributed by atoms with Crippen molar-refractivity contribution in [3.63, 3.8) is 0 Å². The Labute approximate surface area is 215 Å². The van der Waals surface area contributed by atoms with Crippen LogP contribution in [-0.2, 0) is 16.0 Å². The third-order valence-corrected chi connectivity index (χ3v) is 6.63. The van der Waals surface area contributed by atoms with Crippen molar-refractivity contribution in [1.82, 2.24) is 10.3 Å². The fraction of sp³-hybridized carbons (Fsp3) is 0.419. The van der Waals surface area contributed by atoms with E-state index in [1.165, 1.54) is 16.7 Å². The van der Waals surface area contributed by atoms with Crippen molar-refractivity contribution < 1.29 is 9.53 Å². The van der Waals surface area contributed by atoms with E-state index in [1.54, 1.807) is 0 Å². The molecule has 3 atom stereocenters. The molecule has 188 valence electrons. The molecule has 1 saturated heterocycles. The van der Waals surface area contributed by atoms with Crippen LogP contribution < -0.4 is 10.6 Å². The third kappa shape index (κ3) is 6.25. The summed E-state index contributed by atoms with van der Waals surface area (Å²) in [6, 6.07) is 17.0. The van der Waals surface area contributed by atoms with Gasteiger partial charge < -0.3 is 15.4 Å². The summed E-state index contributed by atoms with van der Waals surface area (Å²) in [5.41, 5.74) is 5.43.